The topological polar surface area (TPSA) is 101 Å². The molecular weight excluding hydrogens is 425 g/mol. The number of anilines is 1. The van der Waals surface area contributed by atoms with Crippen LogP contribution >= 0.6 is 0 Å². The van der Waals surface area contributed by atoms with E-state index in [2.05, 4.69) is 15.5 Å². The zero-order chi connectivity index (χ0) is 22.8. The molecule has 31 heavy (non-hydrogen) atoms. The van der Waals surface area contributed by atoms with E-state index in [1.807, 2.05) is 0 Å². The largest absolute Gasteiger partial charge is 0.435 e. The summed E-state index contributed by atoms with van der Waals surface area (Å²) in [6.07, 6.45) is -4.59. The van der Waals surface area contributed by atoms with Crippen LogP contribution in [0.2, 0.25) is 0 Å². The number of primary amides is 1. The molecule has 12 heteroatoms. The maximum atomic E-state index is 13.8. The Balaban J connectivity index is 1.66. The van der Waals surface area contributed by atoms with Crippen molar-refractivity contribution in [3.63, 3.8) is 0 Å². The Morgan fingerprint density at radius 2 is 1.74 bits per heavy atom. The standard InChI is InChI=1S/C19H22F5N5O2/c1-10-11(14(30)26-17-7-16(8-17,9-17)15(25)31)13(28-27-12(10)19(22,23)24)29-5-2-3-18(20,21)4-6-29/h2-9H2,1H3,(H2,25,31)(H,26,30). The maximum absolute atomic E-state index is 13.8. The van der Waals surface area contributed by atoms with Gasteiger partial charge in [0.25, 0.3) is 5.91 Å². The first-order valence-corrected chi connectivity index (χ1v) is 9.97. The van der Waals surface area contributed by atoms with Gasteiger partial charge in [0, 0.05) is 31.5 Å². The molecule has 1 aromatic rings. The van der Waals surface area contributed by atoms with Crippen LogP contribution in [0.15, 0.2) is 0 Å². The number of aromatic nitrogens is 2. The van der Waals surface area contributed by atoms with E-state index in [9.17, 15) is 31.5 Å². The summed E-state index contributed by atoms with van der Waals surface area (Å²) >= 11 is 0. The van der Waals surface area contributed by atoms with E-state index < -0.39 is 52.5 Å². The van der Waals surface area contributed by atoms with Crippen molar-refractivity contribution in [1.82, 2.24) is 15.5 Å². The molecule has 7 nitrogen and oxygen atoms in total. The van der Waals surface area contributed by atoms with Gasteiger partial charge in [0.15, 0.2) is 11.5 Å². The normalized spacial score (nSPS) is 29.4. The van der Waals surface area contributed by atoms with Crippen molar-refractivity contribution >= 4 is 17.6 Å². The van der Waals surface area contributed by atoms with E-state index in [-0.39, 0.29) is 37.3 Å². The summed E-state index contributed by atoms with van der Waals surface area (Å²) in [6, 6.07) is 0. The number of nitrogens with two attached hydrogens (primary N) is 1. The third-order valence-electron chi connectivity index (χ3n) is 6.64. The molecule has 0 spiro atoms. The highest BCUT2D eigenvalue weighted by Crippen LogP contribution is 2.67. The molecule has 0 unspecified atom stereocenters. The summed E-state index contributed by atoms with van der Waals surface area (Å²) < 4.78 is 67.7. The minimum absolute atomic E-state index is 0.0981. The SMILES string of the molecule is Cc1c(C(F)(F)F)nnc(N2CCCC(F)(F)CC2)c1C(=O)NC12CC(C(N)=O)(C1)C2. The number of hydrogen-bond acceptors (Lipinski definition) is 5. The van der Waals surface area contributed by atoms with Crippen LogP contribution < -0.4 is 16.0 Å². The molecule has 0 aromatic carbocycles. The lowest BCUT2D eigenvalue weighted by atomic mass is 9.39. The molecule has 1 saturated heterocycles. The Morgan fingerprint density at radius 1 is 1.10 bits per heavy atom. The van der Waals surface area contributed by atoms with Gasteiger partial charge in [-0.05, 0) is 38.2 Å². The van der Waals surface area contributed by atoms with Gasteiger partial charge in [0.05, 0.1) is 11.0 Å². The Labute approximate surface area is 174 Å². The summed E-state index contributed by atoms with van der Waals surface area (Å²) in [4.78, 5) is 26.0. The number of amides is 2. The highest BCUT2D eigenvalue weighted by molar-refractivity contribution is 6.01. The van der Waals surface area contributed by atoms with Crippen LogP contribution in [-0.2, 0) is 11.0 Å². The molecule has 1 aromatic heterocycles. The predicted molar refractivity (Wildman–Crippen MR) is 98.5 cm³/mol. The van der Waals surface area contributed by atoms with Crippen molar-refractivity contribution in [3.8, 4) is 0 Å². The number of carbonyl (C=O) groups is 2. The second kappa shape index (κ2) is 6.73. The molecule has 170 valence electrons. The van der Waals surface area contributed by atoms with Gasteiger partial charge in [0.2, 0.25) is 11.8 Å². The maximum Gasteiger partial charge on any atom is 0.435 e. The average Bonchev–Trinajstić information content (AvgIpc) is 2.75. The molecule has 2 amide bonds. The second-order valence-corrected chi connectivity index (χ2v) is 8.98. The van der Waals surface area contributed by atoms with Gasteiger partial charge in [-0.2, -0.15) is 13.2 Å². The summed E-state index contributed by atoms with van der Waals surface area (Å²) in [5, 5.41) is 9.64. The fourth-order valence-electron chi connectivity index (χ4n) is 5.03. The van der Waals surface area contributed by atoms with E-state index >= 15 is 0 Å². The van der Waals surface area contributed by atoms with Crippen molar-refractivity contribution in [2.75, 3.05) is 18.0 Å². The molecule has 3 saturated carbocycles. The van der Waals surface area contributed by atoms with Crippen molar-refractivity contribution in [2.24, 2.45) is 11.1 Å². The number of halogens is 5. The third kappa shape index (κ3) is 3.59. The Bertz CT molecular complexity index is 929. The van der Waals surface area contributed by atoms with Crippen LogP contribution in [0.4, 0.5) is 27.8 Å². The van der Waals surface area contributed by atoms with Crippen LogP contribution in [-0.4, -0.2) is 46.6 Å². The third-order valence-corrected chi connectivity index (χ3v) is 6.64. The van der Waals surface area contributed by atoms with Crippen LogP contribution in [0.3, 0.4) is 0 Å². The number of hydrogen-bond donors (Lipinski definition) is 2. The molecule has 0 radical (unpaired) electrons. The number of alkyl halides is 5. The highest BCUT2D eigenvalue weighted by Gasteiger charge is 2.71. The quantitative estimate of drug-likeness (QED) is 0.691. The van der Waals surface area contributed by atoms with E-state index in [0.29, 0.717) is 19.3 Å². The first-order valence-electron chi connectivity index (χ1n) is 9.97. The van der Waals surface area contributed by atoms with Crippen molar-refractivity contribution in [1.29, 1.82) is 0 Å². The lowest BCUT2D eigenvalue weighted by Gasteiger charge is -2.68. The smallest absolute Gasteiger partial charge is 0.369 e. The molecule has 2 bridgehead atoms. The predicted octanol–water partition coefficient (Wildman–Crippen LogP) is 2.57. The molecule has 0 atom stereocenters. The summed E-state index contributed by atoms with van der Waals surface area (Å²) in [5.74, 6) is -4.28. The Kier molecular flexibility index (Phi) is 4.71. The molecule has 3 aliphatic carbocycles. The van der Waals surface area contributed by atoms with Crippen LogP contribution in [0.25, 0.3) is 0 Å². The van der Waals surface area contributed by atoms with Gasteiger partial charge in [0.1, 0.15) is 0 Å². The second-order valence-electron chi connectivity index (χ2n) is 8.98. The van der Waals surface area contributed by atoms with Gasteiger partial charge in [-0.25, -0.2) is 8.78 Å². The highest BCUT2D eigenvalue weighted by atomic mass is 19.4. The van der Waals surface area contributed by atoms with Crippen molar-refractivity contribution in [2.45, 2.75) is 63.1 Å². The van der Waals surface area contributed by atoms with Crippen molar-refractivity contribution in [3.05, 3.63) is 16.8 Å². The molecular formula is C19H22F5N5O2. The van der Waals surface area contributed by atoms with E-state index in [1.54, 1.807) is 0 Å². The first kappa shape index (κ1) is 21.7. The van der Waals surface area contributed by atoms with Gasteiger partial charge < -0.3 is 16.0 Å². The summed E-state index contributed by atoms with van der Waals surface area (Å²) in [6.45, 7) is 1.07. The Hall–Kier alpha value is -2.53. The lowest BCUT2D eigenvalue weighted by Crippen LogP contribution is -2.78. The zero-order valence-corrected chi connectivity index (χ0v) is 16.8. The van der Waals surface area contributed by atoms with E-state index in [0.717, 1.165) is 6.92 Å². The number of rotatable bonds is 4. The monoisotopic (exact) mass is 447 g/mol. The first-order chi connectivity index (χ1) is 14.3. The average molecular weight is 447 g/mol. The molecule has 2 heterocycles. The van der Waals surface area contributed by atoms with Gasteiger partial charge in [-0.1, -0.05) is 0 Å². The van der Waals surface area contributed by atoms with E-state index in [4.69, 9.17) is 5.73 Å². The Morgan fingerprint density at radius 3 is 2.32 bits per heavy atom. The fourth-order valence-corrected chi connectivity index (χ4v) is 5.03. The minimum Gasteiger partial charge on any atom is -0.369 e. The number of carbonyl (C=O) groups excluding carboxylic acids is 2. The van der Waals surface area contributed by atoms with Gasteiger partial charge in [-0.3, -0.25) is 9.59 Å². The lowest BCUT2D eigenvalue weighted by molar-refractivity contribution is -0.174. The molecule has 4 aliphatic rings. The number of nitrogens with one attached hydrogen (secondary N) is 1. The molecule has 1 aliphatic heterocycles. The van der Waals surface area contributed by atoms with Gasteiger partial charge in [-0.15, -0.1) is 10.2 Å². The molecule has 3 N–H and O–H groups in total. The zero-order valence-electron chi connectivity index (χ0n) is 16.8. The number of nitrogens with zero attached hydrogens (tertiary/aromatic N) is 3. The van der Waals surface area contributed by atoms with Crippen molar-refractivity contribution < 1.29 is 31.5 Å². The van der Waals surface area contributed by atoms with E-state index in [1.165, 1.54) is 4.90 Å². The molecule has 5 rings (SSSR count). The summed E-state index contributed by atoms with van der Waals surface area (Å²) in [5.41, 5.74) is 1.97. The van der Waals surface area contributed by atoms with Crippen LogP contribution in [0.1, 0.15) is 60.1 Å². The molecule has 4 fully saturated rings. The van der Waals surface area contributed by atoms with Crippen LogP contribution in [0, 0.1) is 12.3 Å². The van der Waals surface area contributed by atoms with Gasteiger partial charge >= 0.3 is 6.18 Å². The minimum atomic E-state index is -4.83. The van der Waals surface area contributed by atoms with Crippen LogP contribution in [0.5, 0.6) is 0 Å². The fraction of sp³-hybridized carbons (Fsp3) is 0.684. The summed E-state index contributed by atoms with van der Waals surface area (Å²) in [7, 11) is 0.